The molecule has 1 saturated carbocycles. The van der Waals surface area contributed by atoms with Gasteiger partial charge in [-0.15, -0.1) is 0 Å². The van der Waals surface area contributed by atoms with E-state index in [0.717, 1.165) is 30.4 Å². The molecule has 1 fully saturated rings. The van der Waals surface area contributed by atoms with Gasteiger partial charge in [0.05, 0.1) is 11.7 Å². The summed E-state index contributed by atoms with van der Waals surface area (Å²) >= 11 is 0. The van der Waals surface area contributed by atoms with Crippen molar-refractivity contribution in [2.45, 2.75) is 37.9 Å². The summed E-state index contributed by atoms with van der Waals surface area (Å²) in [6.07, 6.45) is 3.38. The van der Waals surface area contributed by atoms with Crippen LogP contribution in [0.2, 0.25) is 0 Å². The largest absolute Gasteiger partial charge is 0.490 e. The molecule has 0 heterocycles. The van der Waals surface area contributed by atoms with Crippen LogP contribution in [0.3, 0.4) is 0 Å². The molecular weight excluding hydrogens is 204 g/mol. The predicted octanol–water partition coefficient (Wildman–Crippen LogP) is 2.02. The highest BCUT2D eigenvalue weighted by Crippen LogP contribution is 2.30. The number of aliphatic hydroxyl groups is 1. The Bertz CT molecular complexity index is 381. The molecule has 0 aromatic heterocycles. The topological polar surface area (TPSA) is 46.5 Å². The summed E-state index contributed by atoms with van der Waals surface area (Å²) < 4.78 is 5.64. The first-order valence-corrected chi connectivity index (χ1v) is 5.55. The lowest BCUT2D eigenvalue weighted by Gasteiger charge is -2.21. The molecular formula is C13H16O3. The zero-order valence-corrected chi connectivity index (χ0v) is 9.35. The fourth-order valence-electron chi connectivity index (χ4n) is 1.56. The van der Waals surface area contributed by atoms with Crippen molar-refractivity contribution in [2.75, 3.05) is 0 Å². The molecule has 0 radical (unpaired) electrons. The monoisotopic (exact) mass is 220 g/mol. The lowest BCUT2D eigenvalue weighted by atomic mass is 9.93. The van der Waals surface area contributed by atoms with E-state index in [4.69, 9.17) is 4.74 Å². The number of carbonyl (C=O) groups excluding carboxylic acids is 1. The van der Waals surface area contributed by atoms with Crippen molar-refractivity contribution >= 4 is 6.29 Å². The average Bonchev–Trinajstić information content (AvgIpc) is 3.02. The minimum Gasteiger partial charge on any atom is -0.490 e. The molecule has 3 nitrogen and oxygen atoms in total. The second-order valence-electron chi connectivity index (χ2n) is 4.49. The zero-order chi connectivity index (χ0) is 11.6. The SMILES string of the molecule is CC(O)(CC=O)c1cccc(OC2CC2)c1. The van der Waals surface area contributed by atoms with Crippen LogP contribution in [0.4, 0.5) is 0 Å². The number of aldehydes is 1. The minimum absolute atomic E-state index is 0.0971. The van der Waals surface area contributed by atoms with Crippen LogP contribution in [0.15, 0.2) is 24.3 Å². The van der Waals surface area contributed by atoms with E-state index in [1.54, 1.807) is 6.92 Å². The van der Waals surface area contributed by atoms with Gasteiger partial charge in [0.25, 0.3) is 0 Å². The van der Waals surface area contributed by atoms with E-state index in [-0.39, 0.29) is 6.42 Å². The third kappa shape index (κ3) is 2.61. The van der Waals surface area contributed by atoms with Crippen LogP contribution in [0.1, 0.15) is 31.7 Å². The highest BCUT2D eigenvalue weighted by molar-refractivity contribution is 5.52. The first kappa shape index (κ1) is 11.1. The van der Waals surface area contributed by atoms with Gasteiger partial charge in [0.1, 0.15) is 12.0 Å². The molecule has 0 spiro atoms. The Hall–Kier alpha value is -1.35. The number of hydrogen-bond donors (Lipinski definition) is 1. The standard InChI is InChI=1S/C13H16O3/c1-13(15,7-8-14)10-3-2-4-12(9-10)16-11-5-6-11/h2-4,8-9,11,15H,5-7H2,1H3. The van der Waals surface area contributed by atoms with E-state index in [1.807, 2.05) is 24.3 Å². The van der Waals surface area contributed by atoms with Gasteiger partial charge in [0.2, 0.25) is 0 Å². The summed E-state index contributed by atoms with van der Waals surface area (Å²) in [5.41, 5.74) is -0.386. The van der Waals surface area contributed by atoms with E-state index in [0.29, 0.717) is 6.10 Å². The minimum atomic E-state index is -1.11. The fraction of sp³-hybridized carbons (Fsp3) is 0.462. The van der Waals surface area contributed by atoms with Gasteiger partial charge in [-0.2, -0.15) is 0 Å². The van der Waals surface area contributed by atoms with Crippen LogP contribution in [-0.4, -0.2) is 17.5 Å². The molecule has 0 bridgehead atoms. The van der Waals surface area contributed by atoms with Gasteiger partial charge in [-0.1, -0.05) is 12.1 Å². The van der Waals surface area contributed by atoms with E-state index in [2.05, 4.69) is 0 Å². The number of ether oxygens (including phenoxy) is 1. The van der Waals surface area contributed by atoms with Crippen LogP contribution in [-0.2, 0) is 10.4 Å². The van der Waals surface area contributed by atoms with E-state index >= 15 is 0 Å². The highest BCUT2D eigenvalue weighted by Gasteiger charge is 2.26. The molecule has 86 valence electrons. The average molecular weight is 220 g/mol. The van der Waals surface area contributed by atoms with Crippen molar-refractivity contribution in [3.63, 3.8) is 0 Å². The van der Waals surface area contributed by atoms with E-state index in [1.165, 1.54) is 0 Å². The Balaban J connectivity index is 2.16. The van der Waals surface area contributed by atoms with Crippen molar-refractivity contribution in [1.82, 2.24) is 0 Å². The second-order valence-corrected chi connectivity index (χ2v) is 4.49. The van der Waals surface area contributed by atoms with Gasteiger partial charge in [0, 0.05) is 6.42 Å². The second kappa shape index (κ2) is 4.26. The molecule has 1 aliphatic rings. The Morgan fingerprint density at radius 3 is 2.94 bits per heavy atom. The first-order chi connectivity index (χ1) is 7.62. The number of hydrogen-bond acceptors (Lipinski definition) is 3. The van der Waals surface area contributed by atoms with Crippen LogP contribution < -0.4 is 4.74 Å². The third-order valence-electron chi connectivity index (χ3n) is 2.76. The molecule has 1 aromatic rings. The molecule has 1 N–H and O–H groups in total. The van der Waals surface area contributed by atoms with Crippen molar-refractivity contribution < 1.29 is 14.6 Å². The Kier molecular flexibility index (Phi) is 2.97. The fourth-order valence-corrected chi connectivity index (χ4v) is 1.56. The summed E-state index contributed by atoms with van der Waals surface area (Å²) in [5.74, 6) is 0.770. The summed E-state index contributed by atoms with van der Waals surface area (Å²) in [6.45, 7) is 1.64. The maximum absolute atomic E-state index is 10.5. The summed E-state index contributed by atoms with van der Waals surface area (Å²) in [6, 6.07) is 7.33. The summed E-state index contributed by atoms with van der Waals surface area (Å²) in [4.78, 5) is 10.5. The van der Waals surface area contributed by atoms with Gasteiger partial charge >= 0.3 is 0 Å². The molecule has 0 aliphatic heterocycles. The Morgan fingerprint density at radius 1 is 1.56 bits per heavy atom. The summed E-state index contributed by atoms with van der Waals surface area (Å²) in [7, 11) is 0. The molecule has 1 aromatic carbocycles. The molecule has 3 heteroatoms. The van der Waals surface area contributed by atoms with Crippen molar-refractivity contribution in [3.05, 3.63) is 29.8 Å². The Labute approximate surface area is 95.0 Å². The van der Waals surface area contributed by atoms with E-state index in [9.17, 15) is 9.90 Å². The van der Waals surface area contributed by atoms with Gasteiger partial charge in [-0.3, -0.25) is 0 Å². The van der Waals surface area contributed by atoms with Crippen LogP contribution in [0.25, 0.3) is 0 Å². The molecule has 0 amide bonds. The van der Waals surface area contributed by atoms with Crippen molar-refractivity contribution in [2.24, 2.45) is 0 Å². The van der Waals surface area contributed by atoms with Gasteiger partial charge in [-0.05, 0) is 37.5 Å². The van der Waals surface area contributed by atoms with Crippen LogP contribution in [0.5, 0.6) is 5.75 Å². The molecule has 1 atom stereocenters. The quantitative estimate of drug-likeness (QED) is 0.772. The van der Waals surface area contributed by atoms with Gasteiger partial charge in [0.15, 0.2) is 0 Å². The lowest BCUT2D eigenvalue weighted by Crippen LogP contribution is -2.21. The third-order valence-corrected chi connectivity index (χ3v) is 2.76. The maximum atomic E-state index is 10.5. The van der Waals surface area contributed by atoms with Gasteiger partial charge < -0.3 is 14.6 Å². The molecule has 1 unspecified atom stereocenters. The van der Waals surface area contributed by atoms with Crippen LogP contribution >= 0.6 is 0 Å². The van der Waals surface area contributed by atoms with Crippen molar-refractivity contribution in [3.8, 4) is 5.75 Å². The first-order valence-electron chi connectivity index (χ1n) is 5.55. The zero-order valence-electron chi connectivity index (χ0n) is 9.35. The highest BCUT2D eigenvalue weighted by atomic mass is 16.5. The molecule has 1 aliphatic carbocycles. The van der Waals surface area contributed by atoms with E-state index < -0.39 is 5.60 Å². The molecule has 16 heavy (non-hydrogen) atoms. The maximum Gasteiger partial charge on any atom is 0.123 e. The summed E-state index contributed by atoms with van der Waals surface area (Å²) in [5, 5.41) is 10.1. The van der Waals surface area contributed by atoms with Crippen LogP contribution in [0, 0.1) is 0 Å². The normalized spacial score (nSPS) is 18.9. The smallest absolute Gasteiger partial charge is 0.123 e. The van der Waals surface area contributed by atoms with Gasteiger partial charge in [-0.25, -0.2) is 0 Å². The number of rotatable bonds is 5. The molecule has 0 saturated heterocycles. The number of carbonyl (C=O) groups is 1. The lowest BCUT2D eigenvalue weighted by molar-refractivity contribution is -0.112. The Morgan fingerprint density at radius 2 is 2.31 bits per heavy atom. The molecule has 2 rings (SSSR count). The predicted molar refractivity (Wildman–Crippen MR) is 60.3 cm³/mol. The van der Waals surface area contributed by atoms with Crippen molar-refractivity contribution in [1.29, 1.82) is 0 Å². The number of benzene rings is 1.